The molecular weight excluding hydrogens is 473 g/mol. The second-order valence-electron chi connectivity index (χ2n) is 11.0. The first-order chi connectivity index (χ1) is 17.5. The predicted molar refractivity (Wildman–Crippen MR) is 139 cm³/mol. The van der Waals surface area contributed by atoms with Crippen molar-refractivity contribution in [1.82, 2.24) is 29.6 Å². The van der Waals surface area contributed by atoms with Crippen molar-refractivity contribution >= 4 is 22.7 Å². The molecule has 3 N–H and O–H groups in total. The van der Waals surface area contributed by atoms with Gasteiger partial charge in [0.05, 0.1) is 6.04 Å². The largest absolute Gasteiger partial charge is 0.384 e. The van der Waals surface area contributed by atoms with E-state index < -0.39 is 11.4 Å². The highest BCUT2D eigenvalue weighted by atomic mass is 19.1. The molecule has 4 heterocycles. The minimum absolute atomic E-state index is 0.00755. The smallest absolute Gasteiger partial charge is 0.278 e. The van der Waals surface area contributed by atoms with Gasteiger partial charge in [-0.25, -0.2) is 23.7 Å². The molecule has 0 bridgehead atoms. The first-order valence-corrected chi connectivity index (χ1v) is 12.6. The van der Waals surface area contributed by atoms with Gasteiger partial charge in [0.15, 0.2) is 11.5 Å². The number of rotatable bonds is 5. The Kier molecular flexibility index (Phi) is 5.26. The number of fused-ring (bicyclic) bond motifs is 2. The van der Waals surface area contributed by atoms with E-state index in [4.69, 9.17) is 4.98 Å². The summed E-state index contributed by atoms with van der Waals surface area (Å²) in [6.45, 7) is 8.20. The fourth-order valence-corrected chi connectivity index (χ4v) is 5.13. The van der Waals surface area contributed by atoms with E-state index >= 15 is 0 Å². The lowest BCUT2D eigenvalue weighted by Gasteiger charge is -2.34. The van der Waals surface area contributed by atoms with Gasteiger partial charge in [-0.15, -0.1) is 0 Å². The Balaban J connectivity index is 1.46. The van der Waals surface area contributed by atoms with Crippen LogP contribution in [0, 0.1) is 5.82 Å². The second-order valence-corrected chi connectivity index (χ2v) is 11.0. The third-order valence-electron chi connectivity index (χ3n) is 7.14. The molecule has 4 aromatic rings. The van der Waals surface area contributed by atoms with Gasteiger partial charge in [0.2, 0.25) is 5.95 Å². The second kappa shape index (κ2) is 8.19. The number of nitrogens with zero attached hydrogens (tertiary/aromatic N) is 5. The van der Waals surface area contributed by atoms with E-state index in [0.29, 0.717) is 22.8 Å². The maximum atomic E-state index is 14.5. The SMILES string of the molecule is CC(C)(O)c1nc(-n2c3nc(Nc4ccc5c(c4)CCNC5(C)C)ncc3c(=O)n2C2CC2)ccc1F. The molecule has 37 heavy (non-hydrogen) atoms. The fraction of sp³-hybridized carbons (Fsp3) is 0.407. The zero-order valence-corrected chi connectivity index (χ0v) is 21.3. The van der Waals surface area contributed by atoms with Crippen molar-refractivity contribution in [2.75, 3.05) is 11.9 Å². The molecule has 0 amide bonds. The molecule has 3 aromatic heterocycles. The lowest BCUT2D eigenvalue weighted by atomic mass is 9.85. The molecule has 0 saturated heterocycles. The van der Waals surface area contributed by atoms with Crippen LogP contribution in [-0.4, -0.2) is 36.0 Å². The van der Waals surface area contributed by atoms with E-state index in [2.05, 4.69) is 46.6 Å². The van der Waals surface area contributed by atoms with Gasteiger partial charge < -0.3 is 15.7 Å². The summed E-state index contributed by atoms with van der Waals surface area (Å²) in [5, 5.41) is 17.6. The number of hydrogen-bond acceptors (Lipinski definition) is 7. The third kappa shape index (κ3) is 4.10. The maximum Gasteiger partial charge on any atom is 0.278 e. The van der Waals surface area contributed by atoms with E-state index in [1.165, 1.54) is 43.3 Å². The van der Waals surface area contributed by atoms with Crippen LogP contribution in [0.5, 0.6) is 0 Å². The molecule has 6 rings (SSSR count). The number of hydrogen-bond donors (Lipinski definition) is 3. The zero-order chi connectivity index (χ0) is 26.1. The highest BCUT2D eigenvalue weighted by Gasteiger charge is 2.32. The molecule has 1 aliphatic carbocycles. The highest BCUT2D eigenvalue weighted by molar-refractivity contribution is 5.77. The standard InChI is InChI=1S/C27H30FN7O2/c1-26(2)19-8-5-16(13-15(19)11-12-30-26)31-25-29-14-18-23(33-25)35(34(24(18)36)17-6-7-17)21-10-9-20(28)22(32-21)27(3,4)37/h5,8-10,13-14,17,30,37H,6-7,11-12H2,1-4H3,(H,29,31,33). The molecule has 1 aromatic carbocycles. The van der Waals surface area contributed by atoms with Crippen LogP contribution >= 0.6 is 0 Å². The number of pyridine rings is 1. The van der Waals surface area contributed by atoms with E-state index in [-0.39, 0.29) is 22.8 Å². The van der Waals surface area contributed by atoms with Crippen LogP contribution in [0.15, 0.2) is 41.3 Å². The molecule has 10 heteroatoms. The number of aliphatic hydroxyl groups is 1. The molecule has 2 aliphatic rings. The Morgan fingerprint density at radius 2 is 1.97 bits per heavy atom. The summed E-state index contributed by atoms with van der Waals surface area (Å²) in [7, 11) is 0. The third-order valence-corrected chi connectivity index (χ3v) is 7.14. The summed E-state index contributed by atoms with van der Waals surface area (Å²) in [5.74, 6) is 0.0358. The van der Waals surface area contributed by atoms with Gasteiger partial charge in [-0.05, 0) is 88.9 Å². The van der Waals surface area contributed by atoms with E-state index in [9.17, 15) is 14.3 Å². The lowest BCUT2D eigenvalue weighted by Crippen LogP contribution is -2.42. The van der Waals surface area contributed by atoms with Crippen molar-refractivity contribution < 1.29 is 9.50 Å². The number of benzene rings is 1. The quantitative estimate of drug-likeness (QED) is 0.380. The molecule has 0 spiro atoms. The van der Waals surface area contributed by atoms with Crippen molar-refractivity contribution in [2.45, 2.75) is 64.1 Å². The molecule has 192 valence electrons. The van der Waals surface area contributed by atoms with Crippen LogP contribution in [-0.2, 0) is 17.6 Å². The van der Waals surface area contributed by atoms with Gasteiger partial charge in [-0.2, -0.15) is 4.98 Å². The fourth-order valence-electron chi connectivity index (χ4n) is 5.13. The first kappa shape index (κ1) is 23.7. The molecular formula is C27H30FN7O2. The van der Waals surface area contributed by atoms with Gasteiger partial charge in [-0.3, -0.25) is 4.79 Å². The molecule has 1 saturated carbocycles. The van der Waals surface area contributed by atoms with Crippen LogP contribution in [0.25, 0.3) is 16.9 Å². The Bertz CT molecular complexity index is 1600. The molecule has 0 radical (unpaired) electrons. The van der Waals surface area contributed by atoms with E-state index in [0.717, 1.165) is 31.5 Å². The number of anilines is 2. The summed E-state index contributed by atoms with van der Waals surface area (Å²) in [4.78, 5) is 26.9. The lowest BCUT2D eigenvalue weighted by molar-refractivity contribution is 0.0694. The number of halogens is 1. The van der Waals surface area contributed by atoms with E-state index in [1.807, 2.05) is 6.07 Å². The average molecular weight is 504 g/mol. The Hall–Kier alpha value is -3.63. The summed E-state index contributed by atoms with van der Waals surface area (Å²) in [5.41, 5.74) is 1.86. The van der Waals surface area contributed by atoms with Crippen molar-refractivity contribution in [2.24, 2.45) is 0 Å². The van der Waals surface area contributed by atoms with Gasteiger partial charge in [0, 0.05) is 17.4 Å². The molecule has 9 nitrogen and oxygen atoms in total. The van der Waals surface area contributed by atoms with E-state index in [1.54, 1.807) is 9.36 Å². The first-order valence-electron chi connectivity index (χ1n) is 12.6. The minimum atomic E-state index is -1.49. The van der Waals surface area contributed by atoms with Crippen molar-refractivity contribution in [3.05, 3.63) is 69.5 Å². The maximum absolute atomic E-state index is 14.5. The van der Waals surface area contributed by atoms with Crippen molar-refractivity contribution in [1.29, 1.82) is 0 Å². The normalized spacial score (nSPS) is 17.1. The summed E-state index contributed by atoms with van der Waals surface area (Å²) < 4.78 is 17.7. The number of nitrogens with one attached hydrogen (secondary N) is 2. The van der Waals surface area contributed by atoms with Crippen LogP contribution in [0.3, 0.4) is 0 Å². The molecule has 1 aliphatic heterocycles. The Morgan fingerprint density at radius 3 is 2.70 bits per heavy atom. The van der Waals surface area contributed by atoms with Gasteiger partial charge in [0.1, 0.15) is 22.5 Å². The molecule has 0 atom stereocenters. The van der Waals surface area contributed by atoms with Gasteiger partial charge >= 0.3 is 0 Å². The Morgan fingerprint density at radius 1 is 1.19 bits per heavy atom. The number of aromatic nitrogens is 5. The molecule has 1 fully saturated rings. The monoisotopic (exact) mass is 503 g/mol. The summed E-state index contributed by atoms with van der Waals surface area (Å²) >= 11 is 0. The van der Waals surface area contributed by atoms with Crippen LogP contribution in [0.4, 0.5) is 16.0 Å². The van der Waals surface area contributed by atoms with Gasteiger partial charge in [-0.1, -0.05) is 6.07 Å². The highest BCUT2D eigenvalue weighted by Crippen LogP contribution is 2.36. The van der Waals surface area contributed by atoms with Gasteiger partial charge in [0.25, 0.3) is 5.56 Å². The zero-order valence-electron chi connectivity index (χ0n) is 21.3. The summed E-state index contributed by atoms with van der Waals surface area (Å²) in [6.07, 6.45) is 4.16. The Labute approximate surface area is 213 Å². The topological polar surface area (TPSA) is 110 Å². The molecule has 0 unspecified atom stereocenters. The van der Waals surface area contributed by atoms with Crippen molar-refractivity contribution in [3.63, 3.8) is 0 Å². The predicted octanol–water partition coefficient (Wildman–Crippen LogP) is 3.80. The minimum Gasteiger partial charge on any atom is -0.384 e. The summed E-state index contributed by atoms with van der Waals surface area (Å²) in [6, 6.07) is 8.99. The van der Waals surface area contributed by atoms with Crippen LogP contribution in [0.2, 0.25) is 0 Å². The van der Waals surface area contributed by atoms with Crippen LogP contribution in [0.1, 0.15) is 63.4 Å². The average Bonchev–Trinajstić information content (AvgIpc) is 3.62. The van der Waals surface area contributed by atoms with Crippen LogP contribution < -0.4 is 16.2 Å². The van der Waals surface area contributed by atoms with Crippen molar-refractivity contribution in [3.8, 4) is 5.82 Å².